The Hall–Kier alpha value is -3.07. The number of benzene rings is 3. The van der Waals surface area contributed by atoms with E-state index in [1.54, 1.807) is 55.5 Å². The highest BCUT2D eigenvalue weighted by Crippen LogP contribution is 2.27. The number of halogens is 2. The molecular formula is C31H37Cl2N3O4S. The van der Waals surface area contributed by atoms with Crippen LogP contribution in [0.4, 0.5) is 5.69 Å². The lowest BCUT2D eigenvalue weighted by Gasteiger charge is -2.32. The van der Waals surface area contributed by atoms with Crippen LogP contribution in [0.5, 0.6) is 0 Å². The van der Waals surface area contributed by atoms with Crippen molar-refractivity contribution in [1.29, 1.82) is 0 Å². The standard InChI is InChI=1S/C31H37Cl2N3O4S/c1-5-6-18-34-31(38)23(4)35(20-25-12-15-26(32)19-29(25)33)30(37)21-36(27-16-13-24(14-17-27)22(2)3)41(39,40)28-10-8-7-9-11-28/h7-17,19,22-23H,5-6,18,20-21H2,1-4H3,(H,34,38)/t23-/m0/s1. The molecule has 3 aromatic carbocycles. The summed E-state index contributed by atoms with van der Waals surface area (Å²) in [4.78, 5) is 28.5. The third-order valence-corrected chi connectivity index (χ3v) is 9.19. The molecule has 0 saturated carbocycles. The average Bonchev–Trinajstić information content (AvgIpc) is 2.95. The van der Waals surface area contributed by atoms with Gasteiger partial charge in [0.1, 0.15) is 12.6 Å². The van der Waals surface area contributed by atoms with E-state index in [2.05, 4.69) is 5.32 Å². The van der Waals surface area contributed by atoms with Crippen molar-refractivity contribution in [2.24, 2.45) is 0 Å². The van der Waals surface area contributed by atoms with E-state index in [0.717, 1.165) is 22.7 Å². The minimum Gasteiger partial charge on any atom is -0.354 e. The van der Waals surface area contributed by atoms with Gasteiger partial charge in [0.15, 0.2) is 0 Å². The van der Waals surface area contributed by atoms with E-state index in [-0.39, 0.29) is 23.3 Å². The van der Waals surface area contributed by atoms with Crippen molar-refractivity contribution in [3.63, 3.8) is 0 Å². The van der Waals surface area contributed by atoms with Crippen molar-refractivity contribution in [1.82, 2.24) is 10.2 Å². The van der Waals surface area contributed by atoms with Gasteiger partial charge in [0.2, 0.25) is 11.8 Å². The molecule has 2 amide bonds. The summed E-state index contributed by atoms with van der Waals surface area (Å²) in [6.45, 7) is 7.67. The quantitative estimate of drug-likeness (QED) is 0.218. The summed E-state index contributed by atoms with van der Waals surface area (Å²) in [6.07, 6.45) is 1.70. The van der Waals surface area contributed by atoms with Gasteiger partial charge in [-0.2, -0.15) is 0 Å². The summed E-state index contributed by atoms with van der Waals surface area (Å²) in [5.74, 6) is -0.645. The molecule has 41 heavy (non-hydrogen) atoms. The van der Waals surface area contributed by atoms with E-state index < -0.39 is 28.5 Å². The van der Waals surface area contributed by atoms with Gasteiger partial charge in [-0.15, -0.1) is 0 Å². The molecule has 0 radical (unpaired) electrons. The summed E-state index contributed by atoms with van der Waals surface area (Å²) in [7, 11) is -4.12. The number of rotatable bonds is 13. The third kappa shape index (κ3) is 8.47. The lowest BCUT2D eigenvalue weighted by atomic mass is 10.0. The van der Waals surface area contributed by atoms with E-state index in [0.29, 0.717) is 27.8 Å². The third-order valence-electron chi connectivity index (χ3n) is 6.81. The molecular weight excluding hydrogens is 581 g/mol. The first-order valence-corrected chi connectivity index (χ1v) is 15.8. The molecule has 0 unspecified atom stereocenters. The topological polar surface area (TPSA) is 86.8 Å². The lowest BCUT2D eigenvalue weighted by Crippen LogP contribution is -2.51. The Kier molecular flexibility index (Phi) is 11.6. The Labute approximate surface area is 253 Å². The molecule has 10 heteroatoms. The fourth-order valence-corrected chi connectivity index (χ4v) is 6.13. The fraction of sp³-hybridized carbons (Fsp3) is 0.355. The van der Waals surface area contributed by atoms with Gasteiger partial charge >= 0.3 is 0 Å². The predicted molar refractivity (Wildman–Crippen MR) is 166 cm³/mol. The van der Waals surface area contributed by atoms with Crippen molar-refractivity contribution in [3.8, 4) is 0 Å². The Morgan fingerprint density at radius 3 is 2.17 bits per heavy atom. The first kappa shape index (κ1) is 32.4. The summed E-state index contributed by atoms with van der Waals surface area (Å²) in [5.41, 5.74) is 1.96. The molecule has 0 aliphatic rings. The fourth-order valence-electron chi connectivity index (χ4n) is 4.23. The number of carbonyl (C=O) groups is 2. The van der Waals surface area contributed by atoms with Crippen LogP contribution in [-0.4, -0.2) is 44.3 Å². The van der Waals surface area contributed by atoms with Gasteiger partial charge in [-0.3, -0.25) is 13.9 Å². The van der Waals surface area contributed by atoms with Gasteiger partial charge in [-0.05, 0) is 66.8 Å². The summed E-state index contributed by atoms with van der Waals surface area (Å²) in [5, 5.41) is 3.64. The molecule has 1 N–H and O–H groups in total. The maximum absolute atomic E-state index is 14.0. The van der Waals surface area contributed by atoms with Crippen LogP contribution in [0.2, 0.25) is 10.0 Å². The average molecular weight is 619 g/mol. The molecule has 0 aliphatic heterocycles. The molecule has 0 spiro atoms. The Bertz CT molecular complexity index is 1430. The van der Waals surface area contributed by atoms with Gasteiger partial charge in [0.25, 0.3) is 10.0 Å². The van der Waals surface area contributed by atoms with Crippen molar-refractivity contribution >= 4 is 50.7 Å². The highest BCUT2D eigenvalue weighted by Gasteiger charge is 2.32. The summed E-state index contributed by atoms with van der Waals surface area (Å²) >= 11 is 12.5. The van der Waals surface area contributed by atoms with Gasteiger partial charge in [0.05, 0.1) is 10.6 Å². The molecule has 7 nitrogen and oxygen atoms in total. The molecule has 220 valence electrons. The smallest absolute Gasteiger partial charge is 0.264 e. The lowest BCUT2D eigenvalue weighted by molar-refractivity contribution is -0.139. The van der Waals surface area contributed by atoms with Gasteiger partial charge < -0.3 is 10.2 Å². The van der Waals surface area contributed by atoms with Crippen LogP contribution in [0.25, 0.3) is 0 Å². The number of hydrogen-bond acceptors (Lipinski definition) is 4. The van der Waals surface area contributed by atoms with Crippen LogP contribution in [0.15, 0.2) is 77.7 Å². The van der Waals surface area contributed by atoms with Crippen LogP contribution in [0.3, 0.4) is 0 Å². The number of unbranched alkanes of at least 4 members (excludes halogenated alkanes) is 1. The number of anilines is 1. The number of carbonyl (C=O) groups excluding carboxylic acids is 2. The minimum atomic E-state index is -4.12. The van der Waals surface area contributed by atoms with Crippen molar-refractivity contribution in [2.75, 3.05) is 17.4 Å². The molecule has 0 heterocycles. The Morgan fingerprint density at radius 2 is 1.59 bits per heavy atom. The van der Waals surface area contributed by atoms with Crippen LogP contribution in [0.1, 0.15) is 57.6 Å². The van der Waals surface area contributed by atoms with E-state index >= 15 is 0 Å². The Balaban J connectivity index is 2.02. The van der Waals surface area contributed by atoms with Crippen LogP contribution in [0, 0.1) is 0 Å². The van der Waals surface area contributed by atoms with Gasteiger partial charge in [-0.25, -0.2) is 8.42 Å². The van der Waals surface area contributed by atoms with Gasteiger partial charge in [-0.1, -0.05) is 86.8 Å². The number of nitrogens with zero attached hydrogens (tertiary/aromatic N) is 2. The molecule has 3 aromatic rings. The number of hydrogen-bond donors (Lipinski definition) is 1. The zero-order chi connectivity index (χ0) is 30.2. The molecule has 3 rings (SSSR count). The zero-order valence-electron chi connectivity index (χ0n) is 23.8. The Morgan fingerprint density at radius 1 is 0.927 bits per heavy atom. The molecule has 0 aromatic heterocycles. The van der Waals surface area contributed by atoms with Crippen LogP contribution in [-0.2, 0) is 26.2 Å². The first-order chi connectivity index (χ1) is 19.4. The zero-order valence-corrected chi connectivity index (χ0v) is 26.1. The number of sulfonamides is 1. The van der Waals surface area contributed by atoms with Crippen molar-refractivity contribution in [3.05, 3.63) is 94.0 Å². The van der Waals surface area contributed by atoms with Crippen LogP contribution < -0.4 is 9.62 Å². The molecule has 0 fully saturated rings. The number of nitrogens with one attached hydrogen (secondary N) is 1. The maximum atomic E-state index is 14.0. The summed E-state index contributed by atoms with van der Waals surface area (Å²) < 4.78 is 28.8. The van der Waals surface area contributed by atoms with Crippen molar-refractivity contribution < 1.29 is 18.0 Å². The van der Waals surface area contributed by atoms with Gasteiger partial charge in [0, 0.05) is 23.1 Å². The predicted octanol–water partition coefficient (Wildman–Crippen LogP) is 6.65. The second-order valence-electron chi connectivity index (χ2n) is 10.1. The maximum Gasteiger partial charge on any atom is 0.264 e. The van der Waals surface area contributed by atoms with Crippen LogP contribution >= 0.6 is 23.2 Å². The highest BCUT2D eigenvalue weighted by molar-refractivity contribution is 7.92. The van der Waals surface area contributed by atoms with Crippen molar-refractivity contribution in [2.45, 2.75) is 63.9 Å². The molecule has 0 bridgehead atoms. The van der Waals surface area contributed by atoms with E-state index in [9.17, 15) is 18.0 Å². The first-order valence-electron chi connectivity index (χ1n) is 13.6. The SMILES string of the molecule is CCCCNC(=O)[C@H](C)N(Cc1ccc(Cl)cc1Cl)C(=O)CN(c1ccc(C(C)C)cc1)S(=O)(=O)c1ccccc1. The summed E-state index contributed by atoms with van der Waals surface area (Å²) in [6, 6.07) is 19.1. The van der Waals surface area contributed by atoms with E-state index in [1.807, 2.05) is 32.9 Å². The minimum absolute atomic E-state index is 0.0112. The van der Waals surface area contributed by atoms with E-state index in [4.69, 9.17) is 23.2 Å². The molecule has 0 aliphatic carbocycles. The van der Waals surface area contributed by atoms with E-state index in [1.165, 1.54) is 17.0 Å². The monoisotopic (exact) mass is 617 g/mol. The number of amides is 2. The molecule has 0 saturated heterocycles. The second kappa shape index (κ2) is 14.7. The largest absolute Gasteiger partial charge is 0.354 e. The normalized spacial score (nSPS) is 12.2. The highest BCUT2D eigenvalue weighted by atomic mass is 35.5. The second-order valence-corrected chi connectivity index (χ2v) is 12.9. The molecule has 1 atom stereocenters.